The average Bonchev–Trinajstić information content (AvgIpc) is 3.27. The summed E-state index contributed by atoms with van der Waals surface area (Å²) in [6.45, 7) is 0. The van der Waals surface area contributed by atoms with Crippen LogP contribution in [0.1, 0.15) is 16.2 Å². The third kappa shape index (κ3) is 4.43. The van der Waals surface area contributed by atoms with Crippen molar-refractivity contribution in [2.75, 3.05) is 7.11 Å². The van der Waals surface area contributed by atoms with E-state index in [9.17, 15) is 9.90 Å². The van der Waals surface area contributed by atoms with Crippen LogP contribution in [-0.2, 0) is 0 Å². The van der Waals surface area contributed by atoms with Gasteiger partial charge in [0.1, 0.15) is 11.5 Å². The number of carbonyl (C=O) groups is 1. The molecule has 0 aliphatic heterocycles. The van der Waals surface area contributed by atoms with Gasteiger partial charge in [-0.1, -0.05) is 48.5 Å². The quantitative estimate of drug-likeness (QED) is 0.373. The van der Waals surface area contributed by atoms with Gasteiger partial charge in [-0.3, -0.25) is 4.79 Å². The molecule has 0 aliphatic carbocycles. The second kappa shape index (κ2) is 8.91. The number of hydrogen-bond donors (Lipinski definition) is 2. The highest BCUT2D eigenvalue weighted by molar-refractivity contribution is 5.92. The zero-order valence-electron chi connectivity index (χ0n) is 16.6. The predicted molar refractivity (Wildman–Crippen MR) is 117 cm³/mol. The van der Waals surface area contributed by atoms with E-state index in [-0.39, 0.29) is 11.6 Å². The first kappa shape index (κ1) is 19.8. The van der Waals surface area contributed by atoms with Crippen molar-refractivity contribution >= 4 is 12.1 Å². The molecule has 2 N–H and O–H groups in total. The number of nitrogens with zero attached hydrogens (tertiary/aromatic N) is 4. The highest BCUT2D eigenvalue weighted by Gasteiger charge is 2.18. The van der Waals surface area contributed by atoms with Crippen LogP contribution in [0.4, 0.5) is 0 Å². The molecule has 0 spiro atoms. The average molecular weight is 413 g/mol. The van der Waals surface area contributed by atoms with E-state index in [1.165, 1.54) is 19.4 Å². The maximum absolute atomic E-state index is 12.6. The Balaban J connectivity index is 1.59. The Bertz CT molecular complexity index is 1160. The van der Waals surface area contributed by atoms with E-state index in [1.807, 2.05) is 60.7 Å². The molecule has 0 fully saturated rings. The summed E-state index contributed by atoms with van der Waals surface area (Å²) in [6.07, 6.45) is 1.33. The van der Waals surface area contributed by atoms with E-state index < -0.39 is 5.91 Å². The minimum atomic E-state index is -0.573. The summed E-state index contributed by atoms with van der Waals surface area (Å²) in [6, 6.07) is 23.7. The fraction of sp³-hybridized carbons (Fsp3) is 0.0435. The Hall–Kier alpha value is -4.46. The topological polar surface area (TPSA) is 102 Å². The smallest absolute Gasteiger partial charge is 0.311 e. The van der Waals surface area contributed by atoms with Gasteiger partial charge in [0.2, 0.25) is 5.82 Å². The van der Waals surface area contributed by atoms with Crippen LogP contribution in [0.2, 0.25) is 0 Å². The van der Waals surface area contributed by atoms with Gasteiger partial charge in [0.15, 0.2) is 5.82 Å². The van der Waals surface area contributed by atoms with Gasteiger partial charge in [-0.15, -0.1) is 5.10 Å². The van der Waals surface area contributed by atoms with E-state index in [0.717, 1.165) is 11.3 Å². The molecule has 1 heterocycles. The van der Waals surface area contributed by atoms with Crippen LogP contribution in [0.5, 0.6) is 11.5 Å². The monoisotopic (exact) mass is 413 g/mol. The van der Waals surface area contributed by atoms with Crippen LogP contribution in [0.25, 0.3) is 17.1 Å². The molecular formula is C23H19N5O3. The molecule has 4 rings (SSSR count). The highest BCUT2D eigenvalue weighted by Crippen LogP contribution is 2.22. The maximum atomic E-state index is 12.6. The van der Waals surface area contributed by atoms with Crippen LogP contribution in [-0.4, -0.2) is 39.1 Å². The van der Waals surface area contributed by atoms with Gasteiger partial charge < -0.3 is 9.84 Å². The van der Waals surface area contributed by atoms with Crippen molar-refractivity contribution in [3.63, 3.8) is 0 Å². The molecule has 0 aliphatic rings. The number of aromatic hydroxyl groups is 1. The third-order valence-corrected chi connectivity index (χ3v) is 4.45. The van der Waals surface area contributed by atoms with Gasteiger partial charge >= 0.3 is 5.91 Å². The lowest BCUT2D eigenvalue weighted by atomic mass is 10.2. The molecule has 1 aromatic heterocycles. The minimum absolute atomic E-state index is 0.0183. The lowest BCUT2D eigenvalue weighted by molar-refractivity contribution is 0.0945. The second-order valence-electron chi connectivity index (χ2n) is 6.50. The molecule has 0 unspecified atom stereocenters. The molecular weight excluding hydrogens is 394 g/mol. The minimum Gasteiger partial charge on any atom is -0.507 e. The van der Waals surface area contributed by atoms with Crippen molar-refractivity contribution in [1.82, 2.24) is 20.2 Å². The summed E-state index contributed by atoms with van der Waals surface area (Å²) in [5, 5.41) is 18.3. The van der Waals surface area contributed by atoms with E-state index in [2.05, 4.69) is 20.6 Å². The van der Waals surface area contributed by atoms with Gasteiger partial charge in [-0.25, -0.2) is 15.1 Å². The van der Waals surface area contributed by atoms with Crippen LogP contribution in [0.3, 0.4) is 0 Å². The van der Waals surface area contributed by atoms with Gasteiger partial charge in [-0.2, -0.15) is 5.10 Å². The number of amides is 1. The molecule has 4 aromatic rings. The van der Waals surface area contributed by atoms with Crippen molar-refractivity contribution in [2.45, 2.75) is 0 Å². The first-order valence-corrected chi connectivity index (χ1v) is 9.44. The summed E-state index contributed by atoms with van der Waals surface area (Å²) in [5.74, 6) is 0.432. The van der Waals surface area contributed by atoms with Crippen molar-refractivity contribution in [2.24, 2.45) is 5.10 Å². The lowest BCUT2D eigenvalue weighted by Gasteiger charge is -2.05. The van der Waals surface area contributed by atoms with E-state index in [4.69, 9.17) is 4.74 Å². The normalized spacial score (nSPS) is 10.9. The van der Waals surface area contributed by atoms with Crippen LogP contribution < -0.4 is 10.2 Å². The maximum Gasteiger partial charge on any atom is 0.311 e. The van der Waals surface area contributed by atoms with Crippen molar-refractivity contribution < 1.29 is 14.6 Å². The summed E-state index contributed by atoms with van der Waals surface area (Å²) >= 11 is 0. The molecule has 0 saturated carbocycles. The number of aromatic nitrogens is 3. The SMILES string of the molecule is COc1ccc(/C=N\NC(=O)c2nc(-c3ccccc3)n(-c3ccccc3)n2)c(O)c1. The number of methoxy groups -OCH3 is 1. The fourth-order valence-corrected chi connectivity index (χ4v) is 2.90. The molecule has 0 atom stereocenters. The van der Waals surface area contributed by atoms with Crippen molar-refractivity contribution in [3.05, 3.63) is 90.3 Å². The molecule has 8 heteroatoms. The molecule has 0 saturated heterocycles. The van der Waals surface area contributed by atoms with Crippen molar-refractivity contribution in [3.8, 4) is 28.6 Å². The number of hydrazone groups is 1. The summed E-state index contributed by atoms with van der Waals surface area (Å²) in [5.41, 5.74) is 4.42. The summed E-state index contributed by atoms with van der Waals surface area (Å²) in [4.78, 5) is 17.0. The number of benzene rings is 3. The molecule has 1 amide bonds. The van der Waals surface area contributed by atoms with Crippen LogP contribution >= 0.6 is 0 Å². The number of para-hydroxylation sites is 1. The first-order chi connectivity index (χ1) is 15.2. The fourth-order valence-electron chi connectivity index (χ4n) is 2.90. The van der Waals surface area contributed by atoms with E-state index in [0.29, 0.717) is 17.1 Å². The lowest BCUT2D eigenvalue weighted by Crippen LogP contribution is -2.19. The van der Waals surface area contributed by atoms with E-state index >= 15 is 0 Å². The number of ether oxygens (including phenoxy) is 1. The number of rotatable bonds is 6. The Morgan fingerprint density at radius 3 is 2.45 bits per heavy atom. The van der Waals surface area contributed by atoms with Gasteiger partial charge in [0, 0.05) is 17.2 Å². The largest absolute Gasteiger partial charge is 0.507 e. The molecule has 154 valence electrons. The van der Waals surface area contributed by atoms with Gasteiger partial charge in [-0.05, 0) is 24.3 Å². The Kier molecular flexibility index (Phi) is 5.70. The zero-order valence-corrected chi connectivity index (χ0v) is 16.6. The Labute approximate surface area is 178 Å². The number of phenolic OH excluding ortho intramolecular Hbond substituents is 1. The highest BCUT2D eigenvalue weighted by atomic mass is 16.5. The van der Waals surface area contributed by atoms with Crippen LogP contribution in [0, 0.1) is 0 Å². The molecule has 3 aromatic carbocycles. The summed E-state index contributed by atoms with van der Waals surface area (Å²) in [7, 11) is 1.51. The van der Waals surface area contributed by atoms with Crippen molar-refractivity contribution in [1.29, 1.82) is 0 Å². The van der Waals surface area contributed by atoms with E-state index in [1.54, 1.807) is 16.8 Å². The zero-order chi connectivity index (χ0) is 21.6. The second-order valence-corrected chi connectivity index (χ2v) is 6.50. The molecule has 0 radical (unpaired) electrons. The number of hydrogen-bond acceptors (Lipinski definition) is 6. The Morgan fingerprint density at radius 1 is 1.06 bits per heavy atom. The summed E-state index contributed by atoms with van der Waals surface area (Å²) < 4.78 is 6.66. The standard InChI is InChI=1S/C23H19N5O3/c1-31-19-13-12-17(20(29)14-19)15-24-26-23(30)21-25-22(16-8-4-2-5-9-16)28(27-21)18-10-6-3-7-11-18/h2-15,29H,1H3,(H,26,30)/b24-15-. The Morgan fingerprint density at radius 2 is 1.77 bits per heavy atom. The number of nitrogens with one attached hydrogen (secondary N) is 1. The predicted octanol–water partition coefficient (Wildman–Crippen LogP) is 3.41. The number of phenols is 1. The van der Waals surface area contributed by atoms with Gasteiger partial charge in [0.25, 0.3) is 0 Å². The first-order valence-electron chi connectivity index (χ1n) is 9.44. The third-order valence-electron chi connectivity index (χ3n) is 4.45. The molecule has 31 heavy (non-hydrogen) atoms. The molecule has 0 bridgehead atoms. The molecule has 8 nitrogen and oxygen atoms in total. The van der Waals surface area contributed by atoms with Gasteiger partial charge in [0.05, 0.1) is 19.0 Å². The van der Waals surface area contributed by atoms with Crippen LogP contribution in [0.15, 0.2) is 84.0 Å². The number of carbonyl (C=O) groups excluding carboxylic acids is 1.